The molecule has 0 saturated heterocycles. The zero-order chi connectivity index (χ0) is 11.9. The van der Waals surface area contributed by atoms with Crippen molar-refractivity contribution in [2.75, 3.05) is 0 Å². The molecule has 1 atom stereocenters. The zero-order valence-electron chi connectivity index (χ0n) is 8.64. The highest BCUT2D eigenvalue weighted by molar-refractivity contribution is 7.95. The van der Waals surface area contributed by atoms with Crippen LogP contribution in [0.25, 0.3) is 6.08 Å². The summed E-state index contributed by atoms with van der Waals surface area (Å²) < 4.78 is 36.8. The molecule has 0 fully saturated rings. The molecule has 1 N–H and O–H groups in total. The monoisotopic (exact) mass is 242 g/mol. The van der Waals surface area contributed by atoms with Crippen molar-refractivity contribution >= 4 is 15.9 Å². The van der Waals surface area contributed by atoms with Gasteiger partial charge in [-0.1, -0.05) is 6.07 Å². The molecule has 1 unspecified atom stereocenters. The average molecular weight is 242 g/mol. The normalized spacial score (nSPS) is 19.1. The van der Waals surface area contributed by atoms with Crippen molar-refractivity contribution in [1.29, 1.82) is 0 Å². The first-order chi connectivity index (χ1) is 7.41. The van der Waals surface area contributed by atoms with Crippen molar-refractivity contribution in [3.05, 3.63) is 34.5 Å². The Labute approximate surface area is 93.1 Å². The number of halogens is 1. The minimum atomic E-state index is -3.60. The number of hydrogen-bond donors (Lipinski definition) is 1. The van der Waals surface area contributed by atoms with E-state index in [2.05, 4.69) is 0 Å². The maximum absolute atomic E-state index is 13.0. The van der Waals surface area contributed by atoms with E-state index >= 15 is 0 Å². The van der Waals surface area contributed by atoms with Crippen LogP contribution in [0.5, 0.6) is 0 Å². The summed E-state index contributed by atoms with van der Waals surface area (Å²) in [5.41, 5.74) is 0.483. The number of benzene rings is 1. The number of aliphatic hydroxyl groups excluding tert-OH is 1. The van der Waals surface area contributed by atoms with Gasteiger partial charge in [-0.25, -0.2) is 12.8 Å². The van der Waals surface area contributed by atoms with E-state index in [1.54, 1.807) is 0 Å². The van der Waals surface area contributed by atoms with Gasteiger partial charge in [-0.2, -0.15) is 0 Å². The summed E-state index contributed by atoms with van der Waals surface area (Å²) in [7, 11) is -3.60. The van der Waals surface area contributed by atoms with E-state index in [1.807, 2.05) is 0 Å². The molecule has 0 bridgehead atoms. The fraction of sp³-hybridized carbons (Fsp3) is 0.273. The van der Waals surface area contributed by atoms with Gasteiger partial charge in [0.15, 0.2) is 0 Å². The Kier molecular flexibility index (Phi) is 2.59. The first-order valence-electron chi connectivity index (χ1n) is 4.84. The largest absolute Gasteiger partial charge is 0.393 e. The van der Waals surface area contributed by atoms with Crippen LogP contribution in [-0.4, -0.2) is 19.6 Å². The SMILES string of the molecule is CC(O)CC1=Cc2ccc(F)cc2S1(=O)=O. The summed E-state index contributed by atoms with van der Waals surface area (Å²) in [6.45, 7) is 1.51. The summed E-state index contributed by atoms with van der Waals surface area (Å²) in [5.74, 6) is -0.575. The highest BCUT2D eigenvalue weighted by atomic mass is 32.2. The van der Waals surface area contributed by atoms with Crippen LogP contribution in [-0.2, 0) is 9.84 Å². The lowest BCUT2D eigenvalue weighted by atomic mass is 10.2. The molecule has 1 heterocycles. The maximum atomic E-state index is 13.0. The molecule has 5 heteroatoms. The van der Waals surface area contributed by atoms with E-state index in [0.29, 0.717) is 5.56 Å². The minimum absolute atomic E-state index is 0.0110. The Morgan fingerprint density at radius 3 is 2.75 bits per heavy atom. The molecule has 0 saturated carbocycles. The van der Waals surface area contributed by atoms with Gasteiger partial charge in [-0.3, -0.25) is 0 Å². The molecule has 16 heavy (non-hydrogen) atoms. The van der Waals surface area contributed by atoms with Crippen LogP contribution >= 0.6 is 0 Å². The van der Waals surface area contributed by atoms with Crippen molar-refractivity contribution in [1.82, 2.24) is 0 Å². The number of aliphatic hydroxyl groups is 1. The van der Waals surface area contributed by atoms with E-state index < -0.39 is 21.8 Å². The summed E-state index contributed by atoms with van der Waals surface area (Å²) in [6, 6.07) is 3.66. The number of rotatable bonds is 2. The van der Waals surface area contributed by atoms with E-state index in [-0.39, 0.29) is 16.2 Å². The first kappa shape index (κ1) is 11.3. The van der Waals surface area contributed by atoms with Crippen molar-refractivity contribution in [3.8, 4) is 0 Å². The Morgan fingerprint density at radius 1 is 1.44 bits per heavy atom. The quantitative estimate of drug-likeness (QED) is 0.859. The average Bonchev–Trinajstić information content (AvgIpc) is 2.40. The standard InChI is InChI=1S/C11H11FO3S/c1-7(13)4-10-5-8-2-3-9(12)6-11(8)16(10,14)15/h2-3,5-7,13H,4H2,1H3. The third-order valence-corrected chi connectivity index (χ3v) is 4.33. The topological polar surface area (TPSA) is 54.4 Å². The molecule has 0 aromatic heterocycles. The molecule has 0 spiro atoms. The van der Waals surface area contributed by atoms with Crippen LogP contribution in [0.3, 0.4) is 0 Å². The van der Waals surface area contributed by atoms with Crippen LogP contribution in [0.1, 0.15) is 18.9 Å². The van der Waals surface area contributed by atoms with Gasteiger partial charge in [0.1, 0.15) is 5.82 Å². The molecule has 1 aromatic carbocycles. The number of sulfone groups is 1. The number of fused-ring (bicyclic) bond motifs is 1. The molecule has 3 nitrogen and oxygen atoms in total. The Morgan fingerprint density at radius 2 is 2.12 bits per heavy atom. The molecule has 86 valence electrons. The summed E-state index contributed by atoms with van der Waals surface area (Å²) in [4.78, 5) is 0.131. The molecule has 1 aromatic rings. The summed E-state index contributed by atoms with van der Waals surface area (Å²) in [6.07, 6.45) is 0.801. The lowest BCUT2D eigenvalue weighted by Crippen LogP contribution is -2.07. The van der Waals surface area contributed by atoms with E-state index in [0.717, 1.165) is 6.07 Å². The molecule has 2 rings (SSSR count). The summed E-state index contributed by atoms with van der Waals surface area (Å²) >= 11 is 0. The van der Waals surface area contributed by atoms with Crippen LogP contribution in [0, 0.1) is 5.82 Å². The second-order valence-corrected chi connectivity index (χ2v) is 5.82. The van der Waals surface area contributed by atoms with Gasteiger partial charge in [0.2, 0.25) is 9.84 Å². The Bertz CT molecular complexity index is 559. The first-order valence-corrected chi connectivity index (χ1v) is 6.33. The maximum Gasteiger partial charge on any atom is 0.203 e. The van der Waals surface area contributed by atoms with E-state index in [1.165, 1.54) is 25.1 Å². The molecule has 0 amide bonds. The van der Waals surface area contributed by atoms with Gasteiger partial charge in [-0.05, 0) is 30.7 Å². The Balaban J connectivity index is 2.52. The van der Waals surface area contributed by atoms with Gasteiger partial charge in [0, 0.05) is 6.42 Å². The van der Waals surface area contributed by atoms with Crippen molar-refractivity contribution < 1.29 is 17.9 Å². The number of hydrogen-bond acceptors (Lipinski definition) is 3. The third-order valence-electron chi connectivity index (χ3n) is 2.42. The summed E-state index contributed by atoms with van der Waals surface area (Å²) in [5, 5.41) is 9.20. The van der Waals surface area contributed by atoms with E-state index in [9.17, 15) is 17.9 Å². The second kappa shape index (κ2) is 3.68. The second-order valence-electron chi connectivity index (χ2n) is 3.85. The van der Waals surface area contributed by atoms with Gasteiger partial charge >= 0.3 is 0 Å². The smallest absolute Gasteiger partial charge is 0.203 e. The van der Waals surface area contributed by atoms with Gasteiger partial charge in [0.05, 0.1) is 15.9 Å². The third kappa shape index (κ3) is 1.76. The lowest BCUT2D eigenvalue weighted by molar-refractivity contribution is 0.197. The highest BCUT2D eigenvalue weighted by Gasteiger charge is 2.30. The highest BCUT2D eigenvalue weighted by Crippen LogP contribution is 2.35. The molecular weight excluding hydrogens is 231 g/mol. The van der Waals surface area contributed by atoms with Crippen molar-refractivity contribution in [3.63, 3.8) is 0 Å². The van der Waals surface area contributed by atoms with Crippen LogP contribution in [0.2, 0.25) is 0 Å². The molecule has 0 aliphatic carbocycles. The van der Waals surface area contributed by atoms with Crippen LogP contribution < -0.4 is 0 Å². The molecule has 0 radical (unpaired) electrons. The fourth-order valence-electron chi connectivity index (χ4n) is 1.71. The van der Waals surface area contributed by atoms with Gasteiger partial charge < -0.3 is 5.11 Å². The molecule has 1 aliphatic rings. The molecular formula is C11H11FO3S. The van der Waals surface area contributed by atoms with Gasteiger partial charge in [0.25, 0.3) is 0 Å². The van der Waals surface area contributed by atoms with Gasteiger partial charge in [-0.15, -0.1) is 0 Å². The predicted molar refractivity (Wildman–Crippen MR) is 57.9 cm³/mol. The molecule has 1 aliphatic heterocycles. The van der Waals surface area contributed by atoms with E-state index in [4.69, 9.17) is 0 Å². The van der Waals surface area contributed by atoms with Crippen LogP contribution in [0.15, 0.2) is 28.0 Å². The Hall–Kier alpha value is -1.20. The minimum Gasteiger partial charge on any atom is -0.393 e. The lowest BCUT2D eigenvalue weighted by Gasteiger charge is -2.05. The van der Waals surface area contributed by atoms with Crippen LogP contribution in [0.4, 0.5) is 4.39 Å². The zero-order valence-corrected chi connectivity index (χ0v) is 9.46. The van der Waals surface area contributed by atoms with Crippen molar-refractivity contribution in [2.45, 2.75) is 24.3 Å². The predicted octanol–water partition coefficient (Wildman–Crippen LogP) is 1.72. The fourth-order valence-corrected chi connectivity index (χ4v) is 3.44. The van der Waals surface area contributed by atoms with Crippen molar-refractivity contribution in [2.24, 2.45) is 0 Å².